The molecule has 0 saturated carbocycles. The fraction of sp³-hybridized carbons (Fsp3) is 0.923. The number of rotatable bonds is 7. The highest BCUT2D eigenvalue weighted by Gasteiger charge is 2.35. The van der Waals surface area contributed by atoms with Crippen LogP contribution in [0.5, 0.6) is 0 Å². The summed E-state index contributed by atoms with van der Waals surface area (Å²) in [5.41, 5.74) is 0. The number of fused-ring (bicyclic) bond motifs is 1. The van der Waals surface area contributed by atoms with Crippen LogP contribution in [-0.2, 0) is 14.3 Å². The molecule has 0 aromatic carbocycles. The van der Waals surface area contributed by atoms with E-state index in [1.165, 1.54) is 0 Å². The summed E-state index contributed by atoms with van der Waals surface area (Å²) in [6.45, 7) is 4.53. The zero-order chi connectivity index (χ0) is 13.7. The Balaban J connectivity index is 1.65. The van der Waals surface area contributed by atoms with Crippen molar-refractivity contribution in [2.24, 2.45) is 0 Å². The van der Waals surface area contributed by atoms with Gasteiger partial charge in [-0.05, 0) is 6.42 Å². The number of aliphatic hydroxyl groups excluding tert-OH is 1. The Morgan fingerprint density at radius 3 is 3.05 bits per heavy atom. The summed E-state index contributed by atoms with van der Waals surface area (Å²) in [5.74, 6) is 0.285. The Kier molecular flexibility index (Phi) is 5.57. The van der Waals surface area contributed by atoms with E-state index in [9.17, 15) is 9.90 Å². The fourth-order valence-corrected chi connectivity index (χ4v) is 2.81. The van der Waals surface area contributed by atoms with Crippen LogP contribution in [0.4, 0.5) is 0 Å². The average Bonchev–Trinajstić information content (AvgIpc) is 2.76. The molecule has 110 valence electrons. The predicted octanol–water partition coefficient (Wildman–Crippen LogP) is -0.683. The first kappa shape index (κ1) is 14.7. The zero-order valence-corrected chi connectivity index (χ0v) is 11.6. The van der Waals surface area contributed by atoms with E-state index < -0.39 is 6.10 Å². The molecule has 1 amide bonds. The average molecular weight is 272 g/mol. The molecule has 2 unspecified atom stereocenters. The number of amides is 1. The van der Waals surface area contributed by atoms with Gasteiger partial charge in [0.2, 0.25) is 5.91 Å². The van der Waals surface area contributed by atoms with E-state index in [0.29, 0.717) is 38.8 Å². The number of carbonyl (C=O) groups is 1. The highest BCUT2D eigenvalue weighted by Crippen LogP contribution is 2.22. The van der Waals surface area contributed by atoms with E-state index in [1.807, 2.05) is 4.90 Å². The SMILES string of the molecule is COCCOCC(O)CN1CCN2C(=O)CCC2C1. The smallest absolute Gasteiger partial charge is 0.222 e. The second-order valence-corrected chi connectivity index (χ2v) is 5.26. The van der Waals surface area contributed by atoms with Crippen LogP contribution >= 0.6 is 0 Å². The lowest BCUT2D eigenvalue weighted by Gasteiger charge is -2.38. The van der Waals surface area contributed by atoms with Crippen molar-refractivity contribution in [1.29, 1.82) is 0 Å². The topological polar surface area (TPSA) is 62.2 Å². The first-order chi connectivity index (χ1) is 9.20. The maximum Gasteiger partial charge on any atom is 0.222 e. The van der Waals surface area contributed by atoms with Gasteiger partial charge in [-0.25, -0.2) is 0 Å². The molecule has 0 aromatic heterocycles. The molecular formula is C13H24N2O4. The number of aliphatic hydroxyl groups is 1. The zero-order valence-electron chi connectivity index (χ0n) is 11.6. The highest BCUT2D eigenvalue weighted by molar-refractivity contribution is 5.78. The lowest BCUT2D eigenvalue weighted by atomic mass is 10.1. The minimum absolute atomic E-state index is 0.285. The molecule has 6 heteroatoms. The van der Waals surface area contributed by atoms with Crippen molar-refractivity contribution < 1.29 is 19.4 Å². The van der Waals surface area contributed by atoms with E-state index in [1.54, 1.807) is 7.11 Å². The van der Waals surface area contributed by atoms with E-state index in [-0.39, 0.29) is 5.91 Å². The molecule has 2 heterocycles. The van der Waals surface area contributed by atoms with Gasteiger partial charge in [0.1, 0.15) is 0 Å². The number of piperazine rings is 1. The third-order valence-corrected chi connectivity index (χ3v) is 3.79. The molecule has 0 aliphatic carbocycles. The van der Waals surface area contributed by atoms with Crippen LogP contribution in [0.15, 0.2) is 0 Å². The summed E-state index contributed by atoms with van der Waals surface area (Å²) in [4.78, 5) is 15.8. The van der Waals surface area contributed by atoms with Gasteiger partial charge in [-0.3, -0.25) is 9.69 Å². The van der Waals surface area contributed by atoms with E-state index in [4.69, 9.17) is 9.47 Å². The Morgan fingerprint density at radius 2 is 2.26 bits per heavy atom. The number of nitrogens with zero attached hydrogens (tertiary/aromatic N) is 2. The quantitative estimate of drug-likeness (QED) is 0.622. The summed E-state index contributed by atoms with van der Waals surface area (Å²) in [7, 11) is 1.63. The first-order valence-electron chi connectivity index (χ1n) is 6.97. The Bertz CT molecular complexity index is 300. The summed E-state index contributed by atoms with van der Waals surface area (Å²) in [6.07, 6.45) is 1.16. The maximum absolute atomic E-state index is 11.6. The highest BCUT2D eigenvalue weighted by atomic mass is 16.5. The second kappa shape index (κ2) is 7.19. The molecule has 1 N–H and O–H groups in total. The van der Waals surface area contributed by atoms with Gasteiger partial charge in [-0.15, -0.1) is 0 Å². The summed E-state index contributed by atoms with van der Waals surface area (Å²) < 4.78 is 10.2. The molecule has 2 aliphatic rings. The van der Waals surface area contributed by atoms with Crippen LogP contribution in [0.1, 0.15) is 12.8 Å². The molecular weight excluding hydrogens is 248 g/mol. The number of hydrogen-bond donors (Lipinski definition) is 1. The molecule has 2 saturated heterocycles. The normalized spacial score (nSPS) is 25.7. The van der Waals surface area contributed by atoms with Gasteiger partial charge in [0, 0.05) is 45.8 Å². The van der Waals surface area contributed by atoms with Crippen LogP contribution in [0.2, 0.25) is 0 Å². The number of methoxy groups -OCH3 is 1. The minimum Gasteiger partial charge on any atom is -0.389 e. The predicted molar refractivity (Wildman–Crippen MR) is 69.9 cm³/mol. The van der Waals surface area contributed by atoms with Crippen LogP contribution in [0.25, 0.3) is 0 Å². The van der Waals surface area contributed by atoms with Gasteiger partial charge in [0.25, 0.3) is 0 Å². The van der Waals surface area contributed by atoms with Crippen molar-refractivity contribution in [2.45, 2.75) is 25.0 Å². The molecule has 0 aromatic rings. The molecule has 0 radical (unpaired) electrons. The molecule has 0 spiro atoms. The van der Waals surface area contributed by atoms with Gasteiger partial charge in [0.15, 0.2) is 0 Å². The van der Waals surface area contributed by atoms with Crippen molar-refractivity contribution in [3.63, 3.8) is 0 Å². The lowest BCUT2D eigenvalue weighted by Crippen LogP contribution is -2.53. The van der Waals surface area contributed by atoms with Gasteiger partial charge in [0.05, 0.1) is 25.9 Å². The van der Waals surface area contributed by atoms with E-state index in [2.05, 4.69) is 4.90 Å². The van der Waals surface area contributed by atoms with Crippen molar-refractivity contribution >= 4 is 5.91 Å². The minimum atomic E-state index is -0.472. The van der Waals surface area contributed by atoms with Crippen LogP contribution in [0.3, 0.4) is 0 Å². The molecule has 0 bridgehead atoms. The van der Waals surface area contributed by atoms with Crippen LogP contribution in [0, 0.1) is 0 Å². The second-order valence-electron chi connectivity index (χ2n) is 5.26. The van der Waals surface area contributed by atoms with Gasteiger partial charge in [-0.2, -0.15) is 0 Å². The van der Waals surface area contributed by atoms with Crippen molar-refractivity contribution in [3.8, 4) is 0 Å². The number of β-amino-alcohol motifs (C(OH)–C–C–N with tert-alkyl or cyclic N) is 1. The number of ether oxygens (including phenoxy) is 2. The molecule has 2 aliphatic heterocycles. The van der Waals surface area contributed by atoms with E-state index >= 15 is 0 Å². The van der Waals surface area contributed by atoms with Crippen molar-refractivity contribution in [2.75, 3.05) is 53.1 Å². The van der Waals surface area contributed by atoms with Crippen molar-refractivity contribution in [3.05, 3.63) is 0 Å². The van der Waals surface area contributed by atoms with E-state index in [0.717, 1.165) is 26.1 Å². The van der Waals surface area contributed by atoms with Crippen LogP contribution in [-0.4, -0.2) is 86.1 Å². The molecule has 19 heavy (non-hydrogen) atoms. The maximum atomic E-state index is 11.6. The molecule has 6 nitrogen and oxygen atoms in total. The summed E-state index contributed by atoms with van der Waals surface area (Å²) in [5, 5.41) is 9.91. The summed E-state index contributed by atoms with van der Waals surface area (Å²) in [6, 6.07) is 0.350. The van der Waals surface area contributed by atoms with Gasteiger partial charge >= 0.3 is 0 Å². The largest absolute Gasteiger partial charge is 0.389 e. The first-order valence-corrected chi connectivity index (χ1v) is 6.97. The van der Waals surface area contributed by atoms with Crippen LogP contribution < -0.4 is 0 Å². The van der Waals surface area contributed by atoms with Crippen molar-refractivity contribution in [1.82, 2.24) is 9.80 Å². The molecule has 2 rings (SSSR count). The molecule has 2 fully saturated rings. The number of hydrogen-bond acceptors (Lipinski definition) is 5. The monoisotopic (exact) mass is 272 g/mol. The van der Waals surface area contributed by atoms with Gasteiger partial charge < -0.3 is 19.5 Å². The summed E-state index contributed by atoms with van der Waals surface area (Å²) >= 11 is 0. The Morgan fingerprint density at radius 1 is 1.42 bits per heavy atom. The van der Waals surface area contributed by atoms with Gasteiger partial charge in [-0.1, -0.05) is 0 Å². The lowest BCUT2D eigenvalue weighted by molar-refractivity contribution is -0.130. The Labute approximate surface area is 114 Å². The Hall–Kier alpha value is -0.690. The third-order valence-electron chi connectivity index (χ3n) is 3.79. The molecule has 2 atom stereocenters. The third kappa shape index (κ3) is 4.14. The number of carbonyl (C=O) groups excluding carboxylic acids is 1. The standard InChI is InChI=1S/C13H24N2O4/c1-18-6-7-19-10-12(16)9-14-4-5-15-11(8-14)2-3-13(15)17/h11-12,16H,2-10H2,1H3. The fourth-order valence-electron chi connectivity index (χ4n) is 2.81.